The molecule has 0 saturated carbocycles. The van der Waals surface area contributed by atoms with Crippen LogP contribution in [-0.2, 0) is 28.5 Å². The Bertz CT molecular complexity index is 740. The quantitative estimate of drug-likeness (QED) is 0.260. The largest absolute Gasteiger partial charge is 0.466 e. The summed E-state index contributed by atoms with van der Waals surface area (Å²) >= 11 is 0. The molecule has 0 amide bonds. The fourth-order valence-electron chi connectivity index (χ4n) is 1.92. The van der Waals surface area contributed by atoms with Gasteiger partial charge in [0.25, 0.3) is 0 Å². The third-order valence-electron chi connectivity index (χ3n) is 3.42. The summed E-state index contributed by atoms with van der Waals surface area (Å²) in [6.07, 6.45) is 1.96. The van der Waals surface area contributed by atoms with Crippen molar-refractivity contribution in [2.24, 2.45) is 0 Å². The lowest BCUT2D eigenvalue weighted by molar-refractivity contribution is -0.138. The highest BCUT2D eigenvalue weighted by molar-refractivity contribution is 6.03. The second-order valence-corrected chi connectivity index (χ2v) is 5.53. The zero-order chi connectivity index (χ0) is 22.9. The Balaban J connectivity index is 0.00000122. The van der Waals surface area contributed by atoms with Gasteiger partial charge in [-0.2, -0.15) is 0 Å². The number of esters is 4. The van der Waals surface area contributed by atoms with Crippen LogP contribution < -0.4 is 0 Å². The highest BCUT2D eigenvalue weighted by Gasteiger charge is 2.19. The highest BCUT2D eigenvalue weighted by Crippen LogP contribution is 2.12. The zero-order valence-electron chi connectivity index (χ0n) is 17.0. The molecular weight excluding hydrogens is 396 g/mol. The van der Waals surface area contributed by atoms with E-state index < -0.39 is 30.0 Å². The minimum atomic E-state index is -0.901. The zero-order valence-corrected chi connectivity index (χ0v) is 17.0. The van der Waals surface area contributed by atoms with E-state index in [0.29, 0.717) is 6.42 Å². The van der Waals surface area contributed by atoms with Gasteiger partial charge in [-0.05, 0) is 25.0 Å². The van der Waals surface area contributed by atoms with E-state index in [4.69, 9.17) is 9.47 Å². The number of methoxy groups -OCH3 is 2. The SMILES string of the molecule is C=CC(=O)OC.C=CC(=O)OCCCC(O)COC(=O)c1ccccc1C(=O)OC. The lowest BCUT2D eigenvalue weighted by Crippen LogP contribution is -2.21. The number of benzene rings is 1. The average molecular weight is 422 g/mol. The molecule has 0 heterocycles. The van der Waals surface area contributed by atoms with Crippen LogP contribution >= 0.6 is 0 Å². The second kappa shape index (κ2) is 15.5. The summed E-state index contributed by atoms with van der Waals surface area (Å²) in [6, 6.07) is 6.08. The molecule has 9 nitrogen and oxygen atoms in total. The molecule has 0 radical (unpaired) electrons. The summed E-state index contributed by atoms with van der Waals surface area (Å²) in [5.41, 5.74) is 0.160. The predicted molar refractivity (Wildman–Crippen MR) is 107 cm³/mol. The van der Waals surface area contributed by atoms with Crippen LogP contribution in [0.5, 0.6) is 0 Å². The van der Waals surface area contributed by atoms with Crippen LogP contribution in [0.3, 0.4) is 0 Å². The van der Waals surface area contributed by atoms with Crippen molar-refractivity contribution in [1.82, 2.24) is 0 Å². The third kappa shape index (κ3) is 10.8. The number of aliphatic hydroxyl groups excluding tert-OH is 1. The van der Waals surface area contributed by atoms with Crippen molar-refractivity contribution >= 4 is 23.9 Å². The van der Waals surface area contributed by atoms with Gasteiger partial charge in [-0.3, -0.25) is 0 Å². The fourth-order valence-corrected chi connectivity index (χ4v) is 1.92. The Morgan fingerprint density at radius 3 is 1.97 bits per heavy atom. The van der Waals surface area contributed by atoms with Gasteiger partial charge in [-0.25, -0.2) is 19.2 Å². The van der Waals surface area contributed by atoms with E-state index in [-0.39, 0.29) is 30.8 Å². The van der Waals surface area contributed by atoms with E-state index in [0.717, 1.165) is 12.2 Å². The first kappa shape index (κ1) is 26.5. The van der Waals surface area contributed by atoms with Gasteiger partial charge in [0, 0.05) is 12.2 Å². The second-order valence-electron chi connectivity index (χ2n) is 5.53. The summed E-state index contributed by atoms with van der Waals surface area (Å²) < 4.78 is 18.5. The van der Waals surface area contributed by atoms with E-state index >= 15 is 0 Å². The number of rotatable bonds is 10. The highest BCUT2D eigenvalue weighted by atomic mass is 16.5. The van der Waals surface area contributed by atoms with Crippen molar-refractivity contribution in [2.45, 2.75) is 18.9 Å². The van der Waals surface area contributed by atoms with E-state index in [9.17, 15) is 24.3 Å². The molecule has 0 fully saturated rings. The lowest BCUT2D eigenvalue weighted by atomic mass is 10.1. The minimum Gasteiger partial charge on any atom is -0.466 e. The van der Waals surface area contributed by atoms with Gasteiger partial charge < -0.3 is 24.1 Å². The van der Waals surface area contributed by atoms with E-state index in [1.54, 1.807) is 12.1 Å². The van der Waals surface area contributed by atoms with Crippen molar-refractivity contribution in [2.75, 3.05) is 27.4 Å². The van der Waals surface area contributed by atoms with E-state index in [1.165, 1.54) is 26.4 Å². The summed E-state index contributed by atoms with van der Waals surface area (Å²) in [6.45, 7) is 6.33. The molecule has 9 heteroatoms. The first-order valence-electron chi connectivity index (χ1n) is 8.82. The molecule has 1 atom stereocenters. The molecule has 0 saturated heterocycles. The maximum absolute atomic E-state index is 12.0. The first-order chi connectivity index (χ1) is 14.3. The van der Waals surface area contributed by atoms with Crippen molar-refractivity contribution in [3.05, 3.63) is 60.7 Å². The van der Waals surface area contributed by atoms with Gasteiger partial charge in [0.2, 0.25) is 0 Å². The van der Waals surface area contributed by atoms with Crippen molar-refractivity contribution in [1.29, 1.82) is 0 Å². The number of hydrogen-bond donors (Lipinski definition) is 1. The van der Waals surface area contributed by atoms with Gasteiger partial charge in [-0.1, -0.05) is 25.3 Å². The molecule has 0 aliphatic heterocycles. The van der Waals surface area contributed by atoms with Crippen molar-refractivity contribution < 1.29 is 43.2 Å². The number of ether oxygens (including phenoxy) is 4. The number of carbonyl (C=O) groups is 4. The molecule has 0 aliphatic carbocycles. The van der Waals surface area contributed by atoms with Crippen LogP contribution in [0.25, 0.3) is 0 Å². The molecular formula is C21H26O9. The molecule has 0 bridgehead atoms. The summed E-state index contributed by atoms with van der Waals surface area (Å²) in [4.78, 5) is 44.3. The van der Waals surface area contributed by atoms with Gasteiger partial charge in [0.1, 0.15) is 6.61 Å². The molecule has 1 N–H and O–H groups in total. The van der Waals surface area contributed by atoms with Crippen LogP contribution in [0.15, 0.2) is 49.6 Å². The summed E-state index contributed by atoms with van der Waals surface area (Å²) in [5, 5.41) is 9.76. The molecule has 164 valence electrons. The molecule has 1 aromatic rings. The normalized spacial score (nSPS) is 10.4. The Hall–Kier alpha value is -3.46. The van der Waals surface area contributed by atoms with Crippen molar-refractivity contribution in [3.8, 4) is 0 Å². The van der Waals surface area contributed by atoms with Crippen LogP contribution in [0.1, 0.15) is 33.6 Å². The van der Waals surface area contributed by atoms with Crippen LogP contribution in [0, 0.1) is 0 Å². The Kier molecular flexibility index (Phi) is 13.7. The number of carbonyl (C=O) groups excluding carboxylic acids is 4. The standard InChI is InChI=1S/C17H20O7.C4H6O2/c1-3-15(19)23-10-6-7-12(18)11-24-17(21)14-9-5-4-8-13(14)16(20)22-2;1-3-4(5)6-2/h3-5,8-9,12,18H,1,6-7,10-11H2,2H3;3H,1H2,2H3. The fraction of sp³-hybridized carbons (Fsp3) is 0.333. The average Bonchev–Trinajstić information content (AvgIpc) is 2.79. The molecule has 1 aromatic carbocycles. The molecule has 1 unspecified atom stereocenters. The van der Waals surface area contributed by atoms with Crippen LogP contribution in [-0.4, -0.2) is 62.5 Å². The molecule has 30 heavy (non-hydrogen) atoms. The first-order valence-corrected chi connectivity index (χ1v) is 8.82. The van der Waals surface area contributed by atoms with E-state index in [2.05, 4.69) is 22.6 Å². The van der Waals surface area contributed by atoms with Gasteiger partial charge >= 0.3 is 23.9 Å². The molecule has 1 rings (SSSR count). The maximum Gasteiger partial charge on any atom is 0.339 e. The van der Waals surface area contributed by atoms with Crippen LogP contribution in [0.2, 0.25) is 0 Å². The Morgan fingerprint density at radius 1 is 0.933 bits per heavy atom. The predicted octanol–water partition coefficient (Wildman–Crippen LogP) is 1.85. The lowest BCUT2D eigenvalue weighted by Gasteiger charge is -2.12. The Labute approximate surface area is 174 Å². The van der Waals surface area contributed by atoms with E-state index in [1.807, 2.05) is 0 Å². The third-order valence-corrected chi connectivity index (χ3v) is 3.42. The van der Waals surface area contributed by atoms with Gasteiger partial charge in [-0.15, -0.1) is 0 Å². The Morgan fingerprint density at radius 2 is 1.50 bits per heavy atom. The topological polar surface area (TPSA) is 125 Å². The molecule has 0 aromatic heterocycles. The smallest absolute Gasteiger partial charge is 0.339 e. The number of aliphatic hydroxyl groups is 1. The van der Waals surface area contributed by atoms with Crippen molar-refractivity contribution in [3.63, 3.8) is 0 Å². The number of hydrogen-bond acceptors (Lipinski definition) is 9. The molecule has 0 aliphatic rings. The van der Waals surface area contributed by atoms with Gasteiger partial charge in [0.15, 0.2) is 0 Å². The monoisotopic (exact) mass is 422 g/mol. The molecule has 0 spiro atoms. The van der Waals surface area contributed by atoms with Crippen LogP contribution in [0.4, 0.5) is 0 Å². The summed E-state index contributed by atoms with van der Waals surface area (Å²) in [7, 11) is 2.53. The van der Waals surface area contributed by atoms with Gasteiger partial charge in [0.05, 0.1) is 38.1 Å². The summed E-state index contributed by atoms with van der Waals surface area (Å²) in [5.74, 6) is -2.30. The minimum absolute atomic E-state index is 0.0662. The maximum atomic E-state index is 12.0.